The number of carbonyl (C=O) groups is 1. The van der Waals surface area contributed by atoms with E-state index < -0.39 is 10.8 Å². The van der Waals surface area contributed by atoms with Crippen LogP contribution in [0.1, 0.15) is 40.4 Å². The van der Waals surface area contributed by atoms with Crippen molar-refractivity contribution in [3.8, 4) is 0 Å². The second-order valence-corrected chi connectivity index (χ2v) is 8.61. The molecule has 1 aliphatic heterocycles. The Morgan fingerprint density at radius 1 is 1.19 bits per heavy atom. The Bertz CT molecular complexity index is 821. The lowest BCUT2D eigenvalue weighted by Gasteiger charge is -2.35. The minimum Gasteiger partial charge on any atom is -0.350 e. The van der Waals surface area contributed by atoms with Crippen LogP contribution in [-0.4, -0.2) is 40.4 Å². The highest BCUT2D eigenvalue weighted by atomic mass is 32.2. The molecule has 0 radical (unpaired) electrons. The monoisotopic (exact) mass is 384 g/mol. The number of hydrogen-bond donors (Lipinski definition) is 1. The molecule has 3 rings (SSSR count). The molecule has 0 aromatic heterocycles. The number of nitrogens with one attached hydrogen (secondary N) is 1. The van der Waals surface area contributed by atoms with Gasteiger partial charge >= 0.3 is 0 Å². The van der Waals surface area contributed by atoms with Gasteiger partial charge < -0.3 is 5.32 Å². The van der Waals surface area contributed by atoms with Crippen molar-refractivity contribution in [2.45, 2.75) is 38.1 Å². The van der Waals surface area contributed by atoms with Crippen molar-refractivity contribution in [1.82, 2.24) is 10.2 Å². The van der Waals surface area contributed by atoms with Crippen LogP contribution in [0.25, 0.3) is 0 Å². The minimum absolute atomic E-state index is 0.0606. The lowest BCUT2D eigenvalue weighted by Crippen LogP contribution is -2.45. The number of fused-ring (bicyclic) bond motifs is 1. The summed E-state index contributed by atoms with van der Waals surface area (Å²) in [4.78, 5) is 15.1. The van der Waals surface area contributed by atoms with Crippen molar-refractivity contribution in [2.75, 3.05) is 19.3 Å². The molecule has 5 heteroatoms. The third-order valence-corrected chi connectivity index (χ3v) is 5.95. The van der Waals surface area contributed by atoms with Crippen LogP contribution in [0.4, 0.5) is 0 Å². The summed E-state index contributed by atoms with van der Waals surface area (Å²) in [5.74, 6) is 0.418. The lowest BCUT2D eigenvalue weighted by molar-refractivity contribution is 0.0926. The fourth-order valence-corrected chi connectivity index (χ4v) is 4.36. The van der Waals surface area contributed by atoms with E-state index in [1.807, 2.05) is 24.3 Å². The van der Waals surface area contributed by atoms with Crippen LogP contribution >= 0.6 is 0 Å². The number of nitrogens with zero attached hydrogens (tertiary/aromatic N) is 1. The summed E-state index contributed by atoms with van der Waals surface area (Å²) >= 11 is 0. The number of carbonyl (C=O) groups excluding carboxylic acids is 1. The van der Waals surface area contributed by atoms with Crippen LogP contribution in [0.15, 0.2) is 48.5 Å². The van der Waals surface area contributed by atoms with Crippen LogP contribution < -0.4 is 5.32 Å². The minimum atomic E-state index is -0.910. The Kier molecular flexibility index (Phi) is 6.80. The van der Waals surface area contributed by atoms with E-state index in [0.29, 0.717) is 23.9 Å². The smallest absolute Gasteiger partial charge is 0.251 e. The van der Waals surface area contributed by atoms with Crippen molar-refractivity contribution < 1.29 is 9.00 Å². The van der Waals surface area contributed by atoms with E-state index in [0.717, 1.165) is 31.5 Å². The molecule has 2 aromatic rings. The van der Waals surface area contributed by atoms with Gasteiger partial charge in [-0.25, -0.2) is 0 Å². The van der Waals surface area contributed by atoms with E-state index in [1.54, 1.807) is 6.26 Å². The number of rotatable bonds is 7. The normalized spacial score (nSPS) is 16.4. The molecule has 1 heterocycles. The summed E-state index contributed by atoms with van der Waals surface area (Å²) in [5.41, 5.74) is 4.41. The third-order valence-electron chi connectivity index (χ3n) is 5.21. The van der Waals surface area contributed by atoms with Gasteiger partial charge in [0.05, 0.1) is 0 Å². The van der Waals surface area contributed by atoms with Gasteiger partial charge in [-0.05, 0) is 41.7 Å². The lowest BCUT2D eigenvalue weighted by atomic mass is 9.98. The highest BCUT2D eigenvalue weighted by Crippen LogP contribution is 2.21. The SMILES string of the molecule is CC[C@H](CNC(=O)c1cccc(C[S@@](C)=O)c1)N1CCc2ccccc2C1. The van der Waals surface area contributed by atoms with Crippen LogP contribution in [0.5, 0.6) is 0 Å². The number of benzene rings is 2. The molecule has 0 fully saturated rings. The molecule has 2 aromatic carbocycles. The first-order chi connectivity index (χ1) is 13.1. The molecular formula is C22H28N2O2S. The summed E-state index contributed by atoms with van der Waals surface area (Å²) < 4.78 is 11.4. The molecule has 0 unspecified atom stereocenters. The summed E-state index contributed by atoms with van der Waals surface area (Å²) in [7, 11) is -0.910. The van der Waals surface area contributed by atoms with E-state index in [9.17, 15) is 9.00 Å². The molecule has 27 heavy (non-hydrogen) atoms. The van der Waals surface area contributed by atoms with E-state index in [2.05, 4.69) is 41.4 Å². The summed E-state index contributed by atoms with van der Waals surface area (Å²) in [6.07, 6.45) is 3.74. The Morgan fingerprint density at radius 3 is 2.70 bits per heavy atom. The van der Waals surface area contributed by atoms with Gasteiger partial charge in [0.1, 0.15) is 0 Å². The zero-order valence-electron chi connectivity index (χ0n) is 16.1. The Balaban J connectivity index is 1.59. The van der Waals surface area contributed by atoms with Crippen molar-refractivity contribution in [2.24, 2.45) is 0 Å². The fraction of sp³-hybridized carbons (Fsp3) is 0.409. The molecule has 1 N–H and O–H groups in total. The van der Waals surface area contributed by atoms with Gasteiger partial charge in [0.15, 0.2) is 0 Å². The van der Waals surface area contributed by atoms with Gasteiger partial charge in [-0.15, -0.1) is 0 Å². The molecular weight excluding hydrogens is 356 g/mol. The molecule has 1 amide bonds. The Hall–Kier alpha value is -1.98. The first-order valence-electron chi connectivity index (χ1n) is 9.54. The van der Waals surface area contributed by atoms with Crippen LogP contribution in [-0.2, 0) is 29.5 Å². The molecule has 144 valence electrons. The maximum atomic E-state index is 12.6. The predicted molar refractivity (Wildman–Crippen MR) is 111 cm³/mol. The van der Waals surface area contributed by atoms with Crippen molar-refractivity contribution >= 4 is 16.7 Å². The first kappa shape index (κ1) is 19.8. The number of hydrogen-bond acceptors (Lipinski definition) is 3. The maximum absolute atomic E-state index is 12.6. The molecule has 0 aliphatic carbocycles. The van der Waals surface area contributed by atoms with Crippen molar-refractivity contribution in [3.05, 3.63) is 70.8 Å². The van der Waals surface area contributed by atoms with Crippen LogP contribution in [0, 0.1) is 0 Å². The summed E-state index contributed by atoms with van der Waals surface area (Å²) in [6.45, 7) is 4.79. The molecule has 4 nitrogen and oxygen atoms in total. The Morgan fingerprint density at radius 2 is 1.96 bits per heavy atom. The zero-order valence-corrected chi connectivity index (χ0v) is 16.9. The second-order valence-electron chi connectivity index (χ2n) is 7.18. The molecule has 0 bridgehead atoms. The van der Waals surface area contributed by atoms with E-state index in [-0.39, 0.29) is 5.91 Å². The van der Waals surface area contributed by atoms with Crippen LogP contribution in [0.2, 0.25) is 0 Å². The molecule has 1 aliphatic rings. The molecule has 0 saturated heterocycles. The summed E-state index contributed by atoms with van der Waals surface area (Å²) in [6, 6.07) is 16.4. The van der Waals surface area contributed by atoms with Gasteiger partial charge in [0.2, 0.25) is 0 Å². The topological polar surface area (TPSA) is 49.4 Å². The predicted octanol–water partition coefficient (Wildman–Crippen LogP) is 3.13. The third kappa shape index (κ3) is 5.27. The van der Waals surface area contributed by atoms with Gasteiger partial charge in [0.25, 0.3) is 5.91 Å². The van der Waals surface area contributed by atoms with E-state index in [4.69, 9.17) is 0 Å². The van der Waals surface area contributed by atoms with Crippen molar-refractivity contribution in [3.63, 3.8) is 0 Å². The standard InChI is InChI=1S/C22H28N2O2S/c1-3-21(24-12-11-18-8-4-5-9-20(18)15-24)14-23-22(25)19-10-6-7-17(13-19)16-27(2)26/h4-10,13,21H,3,11-12,14-16H2,1-2H3,(H,23,25)/t21-,27-/m1/s1. The quantitative estimate of drug-likeness (QED) is 0.798. The first-order valence-corrected chi connectivity index (χ1v) is 11.3. The fourth-order valence-electron chi connectivity index (χ4n) is 3.71. The maximum Gasteiger partial charge on any atom is 0.251 e. The van der Waals surface area contributed by atoms with Gasteiger partial charge in [-0.1, -0.05) is 43.3 Å². The van der Waals surface area contributed by atoms with Gasteiger partial charge in [0, 0.05) is 54.0 Å². The van der Waals surface area contributed by atoms with Gasteiger partial charge in [-0.2, -0.15) is 0 Å². The zero-order chi connectivity index (χ0) is 19.2. The molecule has 0 spiro atoms. The highest BCUT2D eigenvalue weighted by Gasteiger charge is 2.22. The summed E-state index contributed by atoms with van der Waals surface area (Å²) in [5, 5.41) is 3.10. The Labute approximate surface area is 164 Å². The molecule has 0 saturated carbocycles. The van der Waals surface area contributed by atoms with E-state index in [1.165, 1.54) is 11.1 Å². The van der Waals surface area contributed by atoms with E-state index >= 15 is 0 Å². The van der Waals surface area contributed by atoms with Crippen LogP contribution in [0.3, 0.4) is 0 Å². The van der Waals surface area contributed by atoms with Gasteiger partial charge in [-0.3, -0.25) is 13.9 Å². The average molecular weight is 385 g/mol. The largest absolute Gasteiger partial charge is 0.350 e. The van der Waals surface area contributed by atoms with Crippen molar-refractivity contribution in [1.29, 1.82) is 0 Å². The molecule has 2 atom stereocenters. The second kappa shape index (κ2) is 9.29. The average Bonchev–Trinajstić information content (AvgIpc) is 2.68. The highest BCUT2D eigenvalue weighted by molar-refractivity contribution is 7.83. The number of amides is 1.